The Kier molecular flexibility index (Phi) is 5.44. The van der Waals surface area contributed by atoms with Crippen LogP contribution in [0, 0.1) is 11.8 Å². The zero-order valence-electron chi connectivity index (χ0n) is 17.6. The zero-order chi connectivity index (χ0) is 20.5. The average molecular weight is 391 g/mol. The van der Waals surface area contributed by atoms with E-state index in [-0.39, 0.29) is 17.9 Å². The zero-order valence-corrected chi connectivity index (χ0v) is 17.6. The van der Waals surface area contributed by atoms with Crippen LogP contribution in [0.3, 0.4) is 0 Å². The number of nitrogens with zero attached hydrogens (tertiary/aromatic N) is 1. The van der Waals surface area contributed by atoms with Gasteiger partial charge in [-0.15, -0.1) is 0 Å². The number of anilines is 1. The van der Waals surface area contributed by atoms with Crippen LogP contribution in [-0.2, 0) is 17.6 Å². The Morgan fingerprint density at radius 3 is 2.45 bits per heavy atom. The van der Waals surface area contributed by atoms with Crippen molar-refractivity contribution >= 4 is 17.5 Å². The van der Waals surface area contributed by atoms with Crippen LogP contribution in [0.5, 0.6) is 0 Å². The van der Waals surface area contributed by atoms with E-state index in [1.165, 1.54) is 11.1 Å². The van der Waals surface area contributed by atoms with Gasteiger partial charge in [0.2, 0.25) is 5.91 Å². The van der Waals surface area contributed by atoms with E-state index in [0.717, 1.165) is 36.9 Å². The predicted molar refractivity (Wildman–Crippen MR) is 116 cm³/mol. The van der Waals surface area contributed by atoms with Gasteiger partial charge in [0.05, 0.1) is 6.04 Å². The number of amides is 2. The second kappa shape index (κ2) is 8.02. The van der Waals surface area contributed by atoms with Gasteiger partial charge in [-0.2, -0.15) is 0 Å². The lowest BCUT2D eigenvalue weighted by molar-refractivity contribution is -0.116. The molecule has 1 aliphatic heterocycles. The van der Waals surface area contributed by atoms with E-state index in [0.29, 0.717) is 23.9 Å². The van der Waals surface area contributed by atoms with Crippen molar-refractivity contribution in [1.29, 1.82) is 0 Å². The smallest absolute Gasteiger partial charge is 0.251 e. The number of hydrogen-bond acceptors (Lipinski definition) is 2. The highest BCUT2D eigenvalue weighted by Crippen LogP contribution is 2.41. The monoisotopic (exact) mass is 390 g/mol. The number of rotatable bonds is 6. The highest BCUT2D eigenvalue weighted by atomic mass is 16.2. The maximum absolute atomic E-state index is 13.0. The molecule has 1 aliphatic carbocycles. The molecule has 1 heterocycles. The fourth-order valence-electron chi connectivity index (χ4n) is 4.33. The van der Waals surface area contributed by atoms with E-state index in [9.17, 15) is 9.59 Å². The lowest BCUT2D eigenvalue weighted by Crippen LogP contribution is -2.30. The van der Waals surface area contributed by atoms with Crippen molar-refractivity contribution in [3.05, 3.63) is 64.7 Å². The summed E-state index contributed by atoms with van der Waals surface area (Å²) in [5.41, 5.74) is 5.23. The molecule has 1 N–H and O–H groups in total. The van der Waals surface area contributed by atoms with Crippen LogP contribution < -0.4 is 10.2 Å². The summed E-state index contributed by atoms with van der Waals surface area (Å²) >= 11 is 0. The Hall–Kier alpha value is -2.62. The molecule has 1 saturated carbocycles. The molecule has 1 fully saturated rings. The highest BCUT2D eigenvalue weighted by molar-refractivity contribution is 5.98. The van der Waals surface area contributed by atoms with Crippen molar-refractivity contribution in [3.63, 3.8) is 0 Å². The molecular formula is C25H30N2O2. The van der Waals surface area contributed by atoms with Gasteiger partial charge in [0, 0.05) is 24.7 Å². The van der Waals surface area contributed by atoms with Gasteiger partial charge in [0.25, 0.3) is 5.91 Å². The summed E-state index contributed by atoms with van der Waals surface area (Å²) in [5, 5.41) is 3.28. The Bertz CT molecular complexity index is 913. The number of benzene rings is 2. The first-order valence-electron chi connectivity index (χ1n) is 10.7. The maximum atomic E-state index is 13.0. The molecule has 2 aromatic rings. The summed E-state index contributed by atoms with van der Waals surface area (Å²) in [6.45, 7) is 6.74. The van der Waals surface area contributed by atoms with E-state index in [2.05, 4.69) is 43.4 Å². The Balaban J connectivity index is 1.49. The summed E-state index contributed by atoms with van der Waals surface area (Å²) in [5.74, 6) is 1.18. The van der Waals surface area contributed by atoms with Crippen molar-refractivity contribution < 1.29 is 9.59 Å². The summed E-state index contributed by atoms with van der Waals surface area (Å²) in [6.07, 6.45) is 4.21. The Labute approximate surface area is 173 Å². The Morgan fingerprint density at radius 2 is 1.83 bits per heavy atom. The van der Waals surface area contributed by atoms with Crippen LogP contribution >= 0.6 is 0 Å². The SMILES string of the molecule is CC(=O)N1CCc2cc(C(=O)NC(c3ccc(CC(C)C)cc3)C3CC3)ccc21. The van der Waals surface area contributed by atoms with E-state index in [4.69, 9.17) is 0 Å². The molecule has 29 heavy (non-hydrogen) atoms. The van der Waals surface area contributed by atoms with Gasteiger partial charge in [-0.05, 0) is 72.4 Å². The molecule has 0 spiro atoms. The molecule has 2 amide bonds. The first kappa shape index (κ1) is 19.7. The van der Waals surface area contributed by atoms with Gasteiger partial charge in [-0.3, -0.25) is 9.59 Å². The van der Waals surface area contributed by atoms with Crippen LogP contribution in [0.15, 0.2) is 42.5 Å². The van der Waals surface area contributed by atoms with E-state index in [1.807, 2.05) is 18.2 Å². The molecule has 0 radical (unpaired) electrons. The predicted octanol–water partition coefficient (Wildman–Crippen LogP) is 4.68. The minimum absolute atomic E-state index is 0.0303. The number of carbonyl (C=O) groups excluding carboxylic acids is 2. The van der Waals surface area contributed by atoms with Crippen LogP contribution in [0.2, 0.25) is 0 Å². The first-order chi connectivity index (χ1) is 13.9. The third-order valence-corrected chi connectivity index (χ3v) is 5.98. The normalized spacial score (nSPS) is 16.6. The maximum Gasteiger partial charge on any atom is 0.251 e. The minimum Gasteiger partial charge on any atom is -0.345 e. The number of carbonyl (C=O) groups is 2. The molecule has 0 bridgehead atoms. The second-order valence-corrected chi connectivity index (χ2v) is 8.89. The lowest BCUT2D eigenvalue weighted by atomic mass is 9.97. The van der Waals surface area contributed by atoms with Crippen molar-refractivity contribution in [2.45, 2.75) is 52.5 Å². The van der Waals surface area contributed by atoms with E-state index in [1.54, 1.807) is 11.8 Å². The molecule has 2 aliphatic rings. The third-order valence-electron chi connectivity index (χ3n) is 5.98. The largest absolute Gasteiger partial charge is 0.345 e. The van der Waals surface area contributed by atoms with Gasteiger partial charge in [0.15, 0.2) is 0 Å². The molecule has 1 atom stereocenters. The second-order valence-electron chi connectivity index (χ2n) is 8.89. The number of hydrogen-bond donors (Lipinski definition) is 1. The molecule has 0 aromatic heterocycles. The van der Waals surface area contributed by atoms with Gasteiger partial charge in [0.1, 0.15) is 0 Å². The van der Waals surface area contributed by atoms with Crippen molar-refractivity contribution in [1.82, 2.24) is 5.32 Å². The van der Waals surface area contributed by atoms with Gasteiger partial charge < -0.3 is 10.2 Å². The number of fused-ring (bicyclic) bond motifs is 1. The molecule has 4 nitrogen and oxygen atoms in total. The van der Waals surface area contributed by atoms with Crippen LogP contribution in [-0.4, -0.2) is 18.4 Å². The van der Waals surface area contributed by atoms with Gasteiger partial charge >= 0.3 is 0 Å². The number of nitrogens with one attached hydrogen (secondary N) is 1. The molecule has 2 aromatic carbocycles. The van der Waals surface area contributed by atoms with Crippen molar-refractivity contribution in [2.24, 2.45) is 11.8 Å². The third kappa shape index (κ3) is 4.36. The van der Waals surface area contributed by atoms with Crippen LogP contribution in [0.4, 0.5) is 5.69 Å². The molecule has 0 saturated heterocycles. The van der Waals surface area contributed by atoms with Crippen molar-refractivity contribution in [3.8, 4) is 0 Å². The lowest BCUT2D eigenvalue weighted by Gasteiger charge is -2.20. The average Bonchev–Trinajstić information content (AvgIpc) is 3.43. The minimum atomic E-state index is -0.0303. The van der Waals surface area contributed by atoms with Crippen molar-refractivity contribution in [2.75, 3.05) is 11.4 Å². The quantitative estimate of drug-likeness (QED) is 0.779. The molecule has 4 heteroatoms. The molecular weight excluding hydrogens is 360 g/mol. The van der Waals surface area contributed by atoms with Gasteiger partial charge in [-0.25, -0.2) is 0 Å². The summed E-state index contributed by atoms with van der Waals surface area (Å²) < 4.78 is 0. The van der Waals surface area contributed by atoms with E-state index < -0.39 is 0 Å². The molecule has 4 rings (SSSR count). The Morgan fingerprint density at radius 1 is 1.10 bits per heavy atom. The van der Waals surface area contributed by atoms with Crippen LogP contribution in [0.1, 0.15) is 66.7 Å². The first-order valence-corrected chi connectivity index (χ1v) is 10.7. The fourth-order valence-corrected chi connectivity index (χ4v) is 4.33. The van der Waals surface area contributed by atoms with E-state index >= 15 is 0 Å². The van der Waals surface area contributed by atoms with Crippen LogP contribution in [0.25, 0.3) is 0 Å². The standard InChI is InChI=1S/C25H30N2O2/c1-16(2)14-18-4-6-19(7-5-18)24(20-8-9-20)26-25(29)22-10-11-23-21(15-22)12-13-27(23)17(3)28/h4-7,10-11,15-16,20,24H,8-9,12-14H2,1-3H3,(H,26,29). The molecule has 1 unspecified atom stereocenters. The summed E-state index contributed by atoms with van der Waals surface area (Å²) in [4.78, 5) is 26.5. The topological polar surface area (TPSA) is 49.4 Å². The fraction of sp³-hybridized carbons (Fsp3) is 0.440. The summed E-state index contributed by atoms with van der Waals surface area (Å²) in [6, 6.07) is 14.5. The summed E-state index contributed by atoms with van der Waals surface area (Å²) in [7, 11) is 0. The molecule has 152 valence electrons. The highest BCUT2D eigenvalue weighted by Gasteiger charge is 2.34. The van der Waals surface area contributed by atoms with Gasteiger partial charge in [-0.1, -0.05) is 38.1 Å².